The summed E-state index contributed by atoms with van der Waals surface area (Å²) in [5.74, 6) is 1.45. The van der Waals surface area contributed by atoms with Crippen LogP contribution < -0.4 is 4.74 Å². The van der Waals surface area contributed by atoms with Crippen molar-refractivity contribution in [3.05, 3.63) is 29.8 Å². The molecule has 1 fully saturated rings. The zero-order valence-corrected chi connectivity index (χ0v) is 12.6. The van der Waals surface area contributed by atoms with Crippen molar-refractivity contribution in [2.75, 3.05) is 39.8 Å². The topological polar surface area (TPSA) is 32.8 Å². The second-order valence-electron chi connectivity index (χ2n) is 5.82. The summed E-state index contributed by atoms with van der Waals surface area (Å²) in [5.41, 5.74) is 0.742. The van der Waals surface area contributed by atoms with Crippen LogP contribution in [0, 0.1) is 5.92 Å². The molecule has 1 amide bonds. The highest BCUT2D eigenvalue weighted by molar-refractivity contribution is 5.94. The molecule has 0 spiro atoms. The van der Waals surface area contributed by atoms with Gasteiger partial charge >= 0.3 is 0 Å². The maximum absolute atomic E-state index is 12.4. The lowest BCUT2D eigenvalue weighted by Crippen LogP contribution is -2.47. The molecule has 0 bridgehead atoms. The number of hydrogen-bond acceptors (Lipinski definition) is 3. The van der Waals surface area contributed by atoms with Crippen LogP contribution in [0.4, 0.5) is 0 Å². The summed E-state index contributed by atoms with van der Waals surface area (Å²) in [6.45, 7) is 8.44. The number of rotatable bonds is 4. The molecule has 20 heavy (non-hydrogen) atoms. The van der Waals surface area contributed by atoms with Gasteiger partial charge in [-0.1, -0.05) is 13.8 Å². The van der Waals surface area contributed by atoms with E-state index in [0.717, 1.165) is 37.5 Å². The quantitative estimate of drug-likeness (QED) is 0.844. The number of benzene rings is 1. The first-order valence-electron chi connectivity index (χ1n) is 7.27. The second-order valence-corrected chi connectivity index (χ2v) is 5.82. The highest BCUT2D eigenvalue weighted by Gasteiger charge is 2.20. The van der Waals surface area contributed by atoms with Gasteiger partial charge in [-0.25, -0.2) is 0 Å². The first-order valence-corrected chi connectivity index (χ1v) is 7.27. The van der Waals surface area contributed by atoms with Gasteiger partial charge < -0.3 is 14.5 Å². The lowest BCUT2D eigenvalue weighted by Gasteiger charge is -2.32. The molecule has 0 saturated carbocycles. The van der Waals surface area contributed by atoms with Crippen molar-refractivity contribution in [3.63, 3.8) is 0 Å². The summed E-state index contributed by atoms with van der Waals surface area (Å²) in [7, 11) is 2.09. The largest absolute Gasteiger partial charge is 0.493 e. The van der Waals surface area contributed by atoms with Crippen molar-refractivity contribution < 1.29 is 9.53 Å². The normalized spacial score (nSPS) is 16.5. The van der Waals surface area contributed by atoms with Crippen LogP contribution in [0.3, 0.4) is 0 Å². The summed E-state index contributed by atoms with van der Waals surface area (Å²) in [4.78, 5) is 16.5. The molecule has 1 aromatic rings. The Morgan fingerprint density at radius 1 is 1.15 bits per heavy atom. The van der Waals surface area contributed by atoms with Crippen LogP contribution in [0.25, 0.3) is 0 Å². The Bertz CT molecular complexity index is 434. The van der Waals surface area contributed by atoms with Gasteiger partial charge in [-0.05, 0) is 37.2 Å². The fraction of sp³-hybridized carbons (Fsp3) is 0.562. The molecule has 0 aliphatic carbocycles. The molecule has 2 rings (SSSR count). The summed E-state index contributed by atoms with van der Waals surface area (Å²) >= 11 is 0. The van der Waals surface area contributed by atoms with E-state index in [1.54, 1.807) is 0 Å². The highest BCUT2D eigenvalue weighted by atomic mass is 16.5. The zero-order valence-electron chi connectivity index (χ0n) is 12.6. The Hall–Kier alpha value is -1.55. The van der Waals surface area contributed by atoms with E-state index >= 15 is 0 Å². The molecule has 1 heterocycles. The number of carbonyl (C=O) groups excluding carboxylic acids is 1. The third kappa shape index (κ3) is 3.97. The average molecular weight is 276 g/mol. The van der Waals surface area contributed by atoms with E-state index in [4.69, 9.17) is 4.74 Å². The number of piperazine rings is 1. The number of nitrogens with zero attached hydrogens (tertiary/aromatic N) is 2. The number of ether oxygens (including phenoxy) is 1. The SMILES string of the molecule is CC(C)COc1ccc(C(=O)N2CCN(C)CC2)cc1. The van der Waals surface area contributed by atoms with Crippen molar-refractivity contribution in [3.8, 4) is 5.75 Å². The monoisotopic (exact) mass is 276 g/mol. The first kappa shape index (κ1) is 14.9. The molecule has 1 aliphatic rings. The molecule has 4 nitrogen and oxygen atoms in total. The van der Waals surface area contributed by atoms with E-state index in [0.29, 0.717) is 12.5 Å². The van der Waals surface area contributed by atoms with Crippen molar-refractivity contribution >= 4 is 5.91 Å². The summed E-state index contributed by atoms with van der Waals surface area (Å²) in [5, 5.41) is 0. The van der Waals surface area contributed by atoms with Crippen LogP contribution >= 0.6 is 0 Å². The number of likely N-dealkylation sites (N-methyl/N-ethyl adjacent to an activating group) is 1. The molecule has 0 N–H and O–H groups in total. The minimum Gasteiger partial charge on any atom is -0.493 e. The standard InChI is InChI=1S/C16H24N2O2/c1-13(2)12-20-15-6-4-14(5-7-15)16(19)18-10-8-17(3)9-11-18/h4-7,13H,8-12H2,1-3H3. The van der Waals surface area contributed by atoms with E-state index in [-0.39, 0.29) is 5.91 Å². The maximum Gasteiger partial charge on any atom is 0.253 e. The molecule has 1 aliphatic heterocycles. The smallest absolute Gasteiger partial charge is 0.253 e. The average Bonchev–Trinajstić information content (AvgIpc) is 2.46. The first-order chi connectivity index (χ1) is 9.56. The van der Waals surface area contributed by atoms with Crippen LogP contribution in [0.1, 0.15) is 24.2 Å². The van der Waals surface area contributed by atoms with Crippen LogP contribution in [-0.2, 0) is 0 Å². The van der Waals surface area contributed by atoms with Crippen LogP contribution in [0.15, 0.2) is 24.3 Å². The van der Waals surface area contributed by atoms with Gasteiger partial charge in [-0.15, -0.1) is 0 Å². The van der Waals surface area contributed by atoms with Crippen LogP contribution in [0.5, 0.6) is 5.75 Å². The Labute approximate surface area is 121 Å². The van der Waals surface area contributed by atoms with Gasteiger partial charge in [0.15, 0.2) is 0 Å². The van der Waals surface area contributed by atoms with E-state index in [2.05, 4.69) is 25.8 Å². The van der Waals surface area contributed by atoms with E-state index in [1.165, 1.54) is 0 Å². The number of hydrogen-bond donors (Lipinski definition) is 0. The van der Waals surface area contributed by atoms with Gasteiger partial charge in [0, 0.05) is 31.7 Å². The zero-order chi connectivity index (χ0) is 14.5. The molecule has 110 valence electrons. The second kappa shape index (κ2) is 6.75. The maximum atomic E-state index is 12.4. The molecule has 1 saturated heterocycles. The van der Waals surface area contributed by atoms with Gasteiger partial charge in [-0.2, -0.15) is 0 Å². The molecular formula is C16H24N2O2. The van der Waals surface area contributed by atoms with E-state index in [9.17, 15) is 4.79 Å². The summed E-state index contributed by atoms with van der Waals surface area (Å²) < 4.78 is 5.63. The van der Waals surface area contributed by atoms with Gasteiger partial charge in [0.2, 0.25) is 0 Å². The van der Waals surface area contributed by atoms with Crippen molar-refractivity contribution in [1.29, 1.82) is 0 Å². The molecule has 1 aromatic carbocycles. The summed E-state index contributed by atoms with van der Waals surface area (Å²) in [6.07, 6.45) is 0. The molecule has 4 heteroatoms. The third-order valence-electron chi connectivity index (χ3n) is 3.48. The highest BCUT2D eigenvalue weighted by Crippen LogP contribution is 2.15. The molecule has 0 aromatic heterocycles. The Morgan fingerprint density at radius 2 is 1.75 bits per heavy atom. The van der Waals surface area contributed by atoms with Crippen molar-refractivity contribution in [1.82, 2.24) is 9.80 Å². The molecule has 0 atom stereocenters. The fourth-order valence-corrected chi connectivity index (χ4v) is 2.15. The fourth-order valence-electron chi connectivity index (χ4n) is 2.15. The third-order valence-corrected chi connectivity index (χ3v) is 3.48. The Balaban J connectivity index is 1.93. The Kier molecular flexibility index (Phi) is 5.01. The van der Waals surface area contributed by atoms with Crippen LogP contribution in [-0.4, -0.2) is 55.5 Å². The van der Waals surface area contributed by atoms with Gasteiger partial charge in [0.25, 0.3) is 5.91 Å². The van der Waals surface area contributed by atoms with Gasteiger partial charge in [-0.3, -0.25) is 4.79 Å². The van der Waals surface area contributed by atoms with Crippen LogP contribution in [0.2, 0.25) is 0 Å². The predicted molar refractivity (Wildman–Crippen MR) is 80.2 cm³/mol. The predicted octanol–water partition coefficient (Wildman–Crippen LogP) is 2.11. The Morgan fingerprint density at radius 3 is 2.30 bits per heavy atom. The lowest BCUT2D eigenvalue weighted by atomic mass is 10.1. The van der Waals surface area contributed by atoms with Gasteiger partial charge in [0.05, 0.1) is 6.61 Å². The number of amides is 1. The molecule has 0 radical (unpaired) electrons. The number of carbonyl (C=O) groups is 1. The van der Waals surface area contributed by atoms with Crippen molar-refractivity contribution in [2.24, 2.45) is 5.92 Å². The van der Waals surface area contributed by atoms with E-state index in [1.807, 2.05) is 29.2 Å². The van der Waals surface area contributed by atoms with E-state index < -0.39 is 0 Å². The van der Waals surface area contributed by atoms with Gasteiger partial charge in [0.1, 0.15) is 5.75 Å². The molecular weight excluding hydrogens is 252 g/mol. The molecule has 0 unspecified atom stereocenters. The van der Waals surface area contributed by atoms with Crippen molar-refractivity contribution in [2.45, 2.75) is 13.8 Å². The summed E-state index contributed by atoms with van der Waals surface area (Å²) in [6, 6.07) is 7.48. The minimum absolute atomic E-state index is 0.119. The minimum atomic E-state index is 0.119. The lowest BCUT2D eigenvalue weighted by molar-refractivity contribution is 0.0664.